The first-order chi connectivity index (χ1) is 10.2. The van der Waals surface area contributed by atoms with Crippen LogP contribution >= 0.6 is 0 Å². The molecule has 0 aromatic heterocycles. The van der Waals surface area contributed by atoms with Crippen molar-refractivity contribution in [2.75, 3.05) is 46.9 Å². The second-order valence-corrected chi connectivity index (χ2v) is 5.02. The quantitative estimate of drug-likeness (QED) is 0.777. The summed E-state index contributed by atoms with van der Waals surface area (Å²) in [7, 11) is 2.80. The van der Waals surface area contributed by atoms with Crippen LogP contribution in [-0.2, 0) is 11.2 Å². The first-order valence-electron chi connectivity index (χ1n) is 7.07. The van der Waals surface area contributed by atoms with E-state index in [-0.39, 0.29) is 5.75 Å². The van der Waals surface area contributed by atoms with Gasteiger partial charge in [0.15, 0.2) is 11.5 Å². The maximum absolute atomic E-state index is 11.7. The number of benzene rings is 1. The van der Waals surface area contributed by atoms with Gasteiger partial charge in [-0.3, -0.25) is 0 Å². The van der Waals surface area contributed by atoms with Gasteiger partial charge in [0.2, 0.25) is 0 Å². The summed E-state index contributed by atoms with van der Waals surface area (Å²) < 4.78 is 9.86. The van der Waals surface area contributed by atoms with Gasteiger partial charge in [0, 0.05) is 32.7 Å². The summed E-state index contributed by atoms with van der Waals surface area (Å²) in [6.07, 6.45) is 0.660. The Morgan fingerprint density at radius 2 is 2.05 bits per heavy atom. The number of aromatic hydroxyl groups is 1. The summed E-state index contributed by atoms with van der Waals surface area (Å²) in [6.45, 7) is 4.79. The SMILES string of the molecule is COC(=O)c1cc(CCN2CCNCC2)c(O)c(OC)c1. The summed E-state index contributed by atoms with van der Waals surface area (Å²) in [5.74, 6) is -0.0368. The Bertz CT molecular complexity index is 499. The van der Waals surface area contributed by atoms with E-state index < -0.39 is 5.97 Å². The third kappa shape index (κ3) is 3.86. The average molecular weight is 294 g/mol. The highest BCUT2D eigenvalue weighted by Gasteiger charge is 2.17. The van der Waals surface area contributed by atoms with Crippen LogP contribution in [0, 0.1) is 0 Å². The molecule has 6 nitrogen and oxygen atoms in total. The van der Waals surface area contributed by atoms with Crippen LogP contribution in [0.1, 0.15) is 15.9 Å². The molecule has 1 fully saturated rings. The Labute approximate surface area is 124 Å². The van der Waals surface area contributed by atoms with E-state index in [1.165, 1.54) is 20.3 Å². The Morgan fingerprint density at radius 3 is 2.67 bits per heavy atom. The number of nitrogens with one attached hydrogen (secondary N) is 1. The van der Waals surface area contributed by atoms with Crippen molar-refractivity contribution < 1.29 is 19.4 Å². The summed E-state index contributed by atoms with van der Waals surface area (Å²) >= 11 is 0. The van der Waals surface area contributed by atoms with E-state index in [0.717, 1.165) is 32.7 Å². The fourth-order valence-corrected chi connectivity index (χ4v) is 2.46. The highest BCUT2D eigenvalue weighted by molar-refractivity contribution is 5.90. The van der Waals surface area contributed by atoms with Crippen LogP contribution in [0.15, 0.2) is 12.1 Å². The first kappa shape index (κ1) is 15.6. The molecule has 1 aliphatic heterocycles. The highest BCUT2D eigenvalue weighted by Crippen LogP contribution is 2.32. The number of nitrogens with zero attached hydrogens (tertiary/aromatic N) is 1. The molecule has 0 spiro atoms. The molecule has 21 heavy (non-hydrogen) atoms. The fourth-order valence-electron chi connectivity index (χ4n) is 2.46. The lowest BCUT2D eigenvalue weighted by atomic mass is 10.1. The molecule has 0 bridgehead atoms. The van der Waals surface area contributed by atoms with Gasteiger partial charge in [-0.1, -0.05) is 0 Å². The predicted octanol–water partition coefficient (Wildman–Crippen LogP) is 0.635. The Hall–Kier alpha value is -1.79. The second-order valence-electron chi connectivity index (χ2n) is 5.02. The zero-order valence-corrected chi connectivity index (χ0v) is 12.5. The van der Waals surface area contributed by atoms with Crippen LogP contribution in [0.5, 0.6) is 11.5 Å². The van der Waals surface area contributed by atoms with Gasteiger partial charge < -0.3 is 24.8 Å². The smallest absolute Gasteiger partial charge is 0.337 e. The van der Waals surface area contributed by atoms with E-state index in [0.29, 0.717) is 23.3 Å². The summed E-state index contributed by atoms with van der Waals surface area (Å²) in [6, 6.07) is 3.17. The number of rotatable bonds is 5. The lowest BCUT2D eigenvalue weighted by molar-refractivity contribution is 0.0600. The number of ether oxygens (including phenoxy) is 2. The number of methoxy groups -OCH3 is 2. The van der Waals surface area contributed by atoms with Gasteiger partial charge in [0.05, 0.1) is 19.8 Å². The van der Waals surface area contributed by atoms with Crippen LogP contribution in [0.25, 0.3) is 0 Å². The maximum atomic E-state index is 11.7. The molecule has 6 heteroatoms. The van der Waals surface area contributed by atoms with Crippen molar-refractivity contribution >= 4 is 5.97 Å². The van der Waals surface area contributed by atoms with Crippen LogP contribution in [-0.4, -0.2) is 62.9 Å². The Kier molecular flexibility index (Phi) is 5.41. The molecule has 0 unspecified atom stereocenters. The minimum Gasteiger partial charge on any atom is -0.504 e. The van der Waals surface area contributed by atoms with E-state index in [4.69, 9.17) is 9.47 Å². The monoisotopic (exact) mass is 294 g/mol. The van der Waals surface area contributed by atoms with Crippen LogP contribution in [0.3, 0.4) is 0 Å². The number of hydrogen-bond acceptors (Lipinski definition) is 6. The zero-order chi connectivity index (χ0) is 15.2. The van der Waals surface area contributed by atoms with Crippen LogP contribution in [0.2, 0.25) is 0 Å². The molecule has 1 aliphatic rings. The minimum absolute atomic E-state index is 0.0975. The van der Waals surface area contributed by atoms with Gasteiger partial charge in [0.1, 0.15) is 0 Å². The van der Waals surface area contributed by atoms with Crippen molar-refractivity contribution in [3.63, 3.8) is 0 Å². The van der Waals surface area contributed by atoms with Gasteiger partial charge in [-0.25, -0.2) is 4.79 Å². The normalized spacial score (nSPS) is 15.7. The third-order valence-corrected chi connectivity index (χ3v) is 3.70. The Balaban J connectivity index is 2.14. The Morgan fingerprint density at radius 1 is 1.33 bits per heavy atom. The number of carbonyl (C=O) groups is 1. The van der Waals surface area contributed by atoms with Crippen molar-refractivity contribution in [2.45, 2.75) is 6.42 Å². The molecule has 0 aliphatic carbocycles. The highest BCUT2D eigenvalue weighted by atomic mass is 16.5. The molecule has 1 aromatic carbocycles. The van der Waals surface area contributed by atoms with Gasteiger partial charge in [-0.05, 0) is 24.1 Å². The molecule has 2 rings (SSSR count). The van der Waals surface area contributed by atoms with Gasteiger partial charge in [-0.2, -0.15) is 0 Å². The summed E-state index contributed by atoms with van der Waals surface area (Å²) in [4.78, 5) is 14.0. The predicted molar refractivity (Wildman–Crippen MR) is 79.0 cm³/mol. The van der Waals surface area contributed by atoms with Crippen molar-refractivity contribution in [1.29, 1.82) is 0 Å². The van der Waals surface area contributed by atoms with E-state index in [1.54, 1.807) is 6.07 Å². The van der Waals surface area contributed by atoms with Gasteiger partial charge in [-0.15, -0.1) is 0 Å². The van der Waals surface area contributed by atoms with E-state index >= 15 is 0 Å². The standard InChI is InChI=1S/C15H22N2O4/c1-20-13-10-12(15(19)21-2)9-11(14(13)18)3-6-17-7-4-16-5-8-17/h9-10,16,18H,3-8H2,1-2H3. The summed E-state index contributed by atoms with van der Waals surface area (Å²) in [5, 5.41) is 13.5. The van der Waals surface area contributed by atoms with Gasteiger partial charge in [0.25, 0.3) is 0 Å². The maximum Gasteiger partial charge on any atom is 0.337 e. The van der Waals surface area contributed by atoms with Crippen molar-refractivity contribution in [2.24, 2.45) is 0 Å². The number of piperazine rings is 1. The number of phenols is 1. The van der Waals surface area contributed by atoms with E-state index in [2.05, 4.69) is 10.2 Å². The molecule has 2 N–H and O–H groups in total. The molecule has 0 amide bonds. The lowest BCUT2D eigenvalue weighted by Crippen LogP contribution is -2.44. The van der Waals surface area contributed by atoms with Crippen molar-refractivity contribution in [3.05, 3.63) is 23.3 Å². The van der Waals surface area contributed by atoms with Crippen LogP contribution < -0.4 is 10.1 Å². The van der Waals surface area contributed by atoms with E-state index in [9.17, 15) is 9.90 Å². The molecule has 0 atom stereocenters. The van der Waals surface area contributed by atoms with Crippen molar-refractivity contribution in [1.82, 2.24) is 10.2 Å². The van der Waals surface area contributed by atoms with Crippen LogP contribution in [0.4, 0.5) is 0 Å². The van der Waals surface area contributed by atoms with Crippen molar-refractivity contribution in [3.8, 4) is 11.5 Å². The topological polar surface area (TPSA) is 71.0 Å². The average Bonchev–Trinajstić information content (AvgIpc) is 2.54. The number of phenolic OH excluding ortho intramolecular Hbond substituents is 1. The molecular formula is C15H22N2O4. The molecule has 1 heterocycles. The minimum atomic E-state index is -0.434. The number of esters is 1. The first-order valence-corrected chi connectivity index (χ1v) is 7.07. The number of hydrogen-bond donors (Lipinski definition) is 2. The summed E-state index contributed by atoms with van der Waals surface area (Å²) in [5.41, 5.74) is 1.09. The second kappa shape index (κ2) is 7.28. The van der Waals surface area contributed by atoms with Gasteiger partial charge >= 0.3 is 5.97 Å². The molecule has 1 aromatic rings. The molecule has 116 valence electrons. The number of carbonyl (C=O) groups excluding carboxylic acids is 1. The molecule has 0 radical (unpaired) electrons. The lowest BCUT2D eigenvalue weighted by Gasteiger charge is -2.27. The third-order valence-electron chi connectivity index (χ3n) is 3.70. The molecule has 0 saturated carbocycles. The molecule has 1 saturated heterocycles. The largest absolute Gasteiger partial charge is 0.504 e. The zero-order valence-electron chi connectivity index (χ0n) is 12.5. The molecular weight excluding hydrogens is 272 g/mol. The fraction of sp³-hybridized carbons (Fsp3) is 0.533. The van der Waals surface area contributed by atoms with E-state index in [1.807, 2.05) is 0 Å².